The molecule has 7 nitrogen and oxygen atoms in total. The summed E-state index contributed by atoms with van der Waals surface area (Å²) in [4.78, 5) is 28.7. The number of hydrogen-bond acceptors (Lipinski definition) is 6. The van der Waals surface area contributed by atoms with Crippen molar-refractivity contribution in [2.75, 3.05) is 5.32 Å². The number of carbonyl (C=O) groups is 1. The molecule has 0 aliphatic heterocycles. The molecule has 0 saturated heterocycles. The Morgan fingerprint density at radius 2 is 1.59 bits per heavy atom. The van der Waals surface area contributed by atoms with Gasteiger partial charge in [-0.3, -0.25) is 9.78 Å². The van der Waals surface area contributed by atoms with Crippen LogP contribution in [0.15, 0.2) is 67.1 Å². The average Bonchev–Trinajstić information content (AvgIpc) is 2.71. The summed E-state index contributed by atoms with van der Waals surface area (Å²) in [7, 11) is 0. The molecule has 132 valence electrons. The van der Waals surface area contributed by atoms with Gasteiger partial charge in [0.05, 0.1) is 35.3 Å². The summed E-state index contributed by atoms with van der Waals surface area (Å²) in [6, 6.07) is 13.1. The van der Waals surface area contributed by atoms with E-state index in [4.69, 9.17) is 4.74 Å². The van der Waals surface area contributed by atoms with Gasteiger partial charge in [-0.1, -0.05) is 24.3 Å². The number of nitrogens with zero attached hydrogens (tertiary/aromatic N) is 4. The smallest absolute Gasteiger partial charge is 0.322 e. The Hall–Kier alpha value is -3.94. The molecule has 0 fully saturated rings. The Bertz CT molecular complexity index is 1120. The van der Waals surface area contributed by atoms with Gasteiger partial charge in [-0.25, -0.2) is 19.3 Å². The Kier molecular flexibility index (Phi) is 4.36. The summed E-state index contributed by atoms with van der Waals surface area (Å²) in [6.45, 7) is 0. The van der Waals surface area contributed by atoms with Crippen LogP contribution in [0.25, 0.3) is 11.0 Å². The maximum absolute atomic E-state index is 13.6. The molecule has 4 aromatic rings. The Labute approximate surface area is 152 Å². The molecule has 2 heterocycles. The minimum absolute atomic E-state index is 0.0146. The van der Waals surface area contributed by atoms with Gasteiger partial charge in [-0.15, -0.1) is 0 Å². The van der Waals surface area contributed by atoms with Crippen molar-refractivity contribution in [1.29, 1.82) is 0 Å². The number of anilines is 1. The number of hydrogen-bond donors (Lipinski definition) is 1. The fourth-order valence-corrected chi connectivity index (χ4v) is 2.32. The summed E-state index contributed by atoms with van der Waals surface area (Å²) < 4.78 is 18.8. The lowest BCUT2D eigenvalue weighted by molar-refractivity contribution is 0.102. The number of halogens is 1. The minimum atomic E-state index is -0.520. The number of benzene rings is 2. The van der Waals surface area contributed by atoms with Crippen LogP contribution < -0.4 is 10.1 Å². The third-order valence-corrected chi connectivity index (χ3v) is 3.61. The predicted octanol–water partition coefficient (Wildman–Crippen LogP) is 3.60. The van der Waals surface area contributed by atoms with Crippen molar-refractivity contribution in [1.82, 2.24) is 19.9 Å². The second-order valence-electron chi connectivity index (χ2n) is 5.48. The van der Waals surface area contributed by atoms with Crippen molar-refractivity contribution in [3.63, 3.8) is 0 Å². The number of nitrogens with one attached hydrogen (secondary N) is 1. The molecule has 1 N–H and O–H groups in total. The normalized spacial score (nSPS) is 10.6. The number of amides is 1. The van der Waals surface area contributed by atoms with Gasteiger partial charge in [0.2, 0.25) is 0 Å². The van der Waals surface area contributed by atoms with E-state index in [1.807, 2.05) is 18.2 Å². The third kappa shape index (κ3) is 3.69. The van der Waals surface area contributed by atoms with E-state index in [1.54, 1.807) is 18.2 Å². The third-order valence-electron chi connectivity index (χ3n) is 3.61. The van der Waals surface area contributed by atoms with Crippen LogP contribution in [0.4, 0.5) is 10.1 Å². The van der Waals surface area contributed by atoms with Crippen molar-refractivity contribution < 1.29 is 13.9 Å². The van der Waals surface area contributed by atoms with Gasteiger partial charge in [0.1, 0.15) is 5.69 Å². The van der Waals surface area contributed by atoms with Crippen molar-refractivity contribution in [2.24, 2.45) is 0 Å². The first-order chi connectivity index (χ1) is 13.2. The Morgan fingerprint density at radius 1 is 0.889 bits per heavy atom. The van der Waals surface area contributed by atoms with Crippen LogP contribution in [0.5, 0.6) is 11.8 Å². The molecule has 27 heavy (non-hydrogen) atoms. The van der Waals surface area contributed by atoms with Crippen LogP contribution in [-0.2, 0) is 0 Å². The predicted molar refractivity (Wildman–Crippen MR) is 96.0 cm³/mol. The molecule has 0 bridgehead atoms. The van der Waals surface area contributed by atoms with Crippen molar-refractivity contribution in [3.8, 4) is 11.8 Å². The van der Waals surface area contributed by atoms with E-state index in [2.05, 4.69) is 25.3 Å². The highest BCUT2D eigenvalue weighted by Gasteiger charge is 2.11. The summed E-state index contributed by atoms with van der Waals surface area (Å²) >= 11 is 0. The van der Waals surface area contributed by atoms with E-state index in [1.165, 1.54) is 30.7 Å². The zero-order valence-electron chi connectivity index (χ0n) is 13.8. The first-order valence-electron chi connectivity index (χ1n) is 7.96. The molecule has 0 spiro atoms. The quantitative estimate of drug-likeness (QED) is 0.597. The molecule has 2 aromatic carbocycles. The first-order valence-corrected chi connectivity index (χ1v) is 7.96. The molecule has 0 aliphatic rings. The van der Waals surface area contributed by atoms with Crippen molar-refractivity contribution in [3.05, 3.63) is 78.6 Å². The Morgan fingerprint density at radius 3 is 2.37 bits per heavy atom. The molecule has 0 saturated carbocycles. The first kappa shape index (κ1) is 16.5. The fourth-order valence-electron chi connectivity index (χ4n) is 2.32. The molecular formula is C19H12FN5O2. The van der Waals surface area contributed by atoms with Crippen LogP contribution in [-0.4, -0.2) is 25.8 Å². The maximum Gasteiger partial charge on any atom is 0.322 e. The lowest BCUT2D eigenvalue weighted by Gasteiger charge is -2.07. The number of ether oxygens (including phenoxy) is 1. The number of para-hydroxylation sites is 3. The van der Waals surface area contributed by atoms with Gasteiger partial charge in [-0.2, -0.15) is 0 Å². The van der Waals surface area contributed by atoms with Gasteiger partial charge >= 0.3 is 6.01 Å². The molecule has 2 aromatic heterocycles. The van der Waals surface area contributed by atoms with E-state index >= 15 is 0 Å². The topological polar surface area (TPSA) is 89.9 Å². The van der Waals surface area contributed by atoms with Gasteiger partial charge in [0, 0.05) is 0 Å². The SMILES string of the molecule is O=C(Nc1cnc(Oc2ccccc2F)nc1)c1cnc2ccccc2n1. The van der Waals surface area contributed by atoms with Crippen LogP contribution in [0.2, 0.25) is 0 Å². The van der Waals surface area contributed by atoms with E-state index < -0.39 is 11.7 Å². The summed E-state index contributed by atoms with van der Waals surface area (Å²) in [6.07, 6.45) is 4.11. The monoisotopic (exact) mass is 361 g/mol. The second-order valence-corrected chi connectivity index (χ2v) is 5.48. The van der Waals surface area contributed by atoms with E-state index in [9.17, 15) is 9.18 Å². The second kappa shape index (κ2) is 7.12. The van der Waals surface area contributed by atoms with Crippen LogP contribution >= 0.6 is 0 Å². The van der Waals surface area contributed by atoms with Gasteiger partial charge in [0.25, 0.3) is 5.91 Å². The number of aromatic nitrogens is 4. The van der Waals surface area contributed by atoms with Gasteiger partial charge in [-0.05, 0) is 24.3 Å². The van der Waals surface area contributed by atoms with Crippen LogP contribution in [0.3, 0.4) is 0 Å². The largest absolute Gasteiger partial charge is 0.421 e. The molecular weight excluding hydrogens is 349 g/mol. The van der Waals surface area contributed by atoms with Crippen molar-refractivity contribution in [2.45, 2.75) is 0 Å². The molecule has 0 aliphatic carbocycles. The molecule has 8 heteroatoms. The summed E-state index contributed by atoms with van der Waals surface area (Å²) in [5.74, 6) is -0.950. The highest BCUT2D eigenvalue weighted by atomic mass is 19.1. The molecule has 0 radical (unpaired) electrons. The average molecular weight is 361 g/mol. The zero-order chi connectivity index (χ0) is 18.6. The zero-order valence-corrected chi connectivity index (χ0v) is 13.8. The molecule has 0 unspecified atom stereocenters. The van der Waals surface area contributed by atoms with E-state index in [-0.39, 0.29) is 17.5 Å². The maximum atomic E-state index is 13.6. The van der Waals surface area contributed by atoms with Gasteiger partial charge < -0.3 is 10.1 Å². The lowest BCUT2D eigenvalue weighted by Crippen LogP contribution is -2.14. The van der Waals surface area contributed by atoms with Crippen LogP contribution in [0.1, 0.15) is 10.5 Å². The summed E-state index contributed by atoms with van der Waals surface area (Å²) in [5.41, 5.74) is 1.83. The van der Waals surface area contributed by atoms with Crippen molar-refractivity contribution >= 4 is 22.6 Å². The van der Waals surface area contributed by atoms with Gasteiger partial charge in [0.15, 0.2) is 11.6 Å². The molecule has 1 amide bonds. The summed E-state index contributed by atoms with van der Waals surface area (Å²) in [5, 5.41) is 2.63. The van der Waals surface area contributed by atoms with E-state index in [0.717, 1.165) is 0 Å². The standard InChI is InChI=1S/C19H12FN5O2/c20-13-5-1-4-8-17(13)27-19-22-9-12(10-23-19)24-18(26)16-11-21-14-6-2-3-7-15(14)25-16/h1-11H,(H,24,26). The molecule has 4 rings (SSSR count). The number of rotatable bonds is 4. The highest BCUT2D eigenvalue weighted by Crippen LogP contribution is 2.21. The number of fused-ring (bicyclic) bond motifs is 1. The minimum Gasteiger partial charge on any atom is -0.421 e. The molecule has 0 atom stereocenters. The number of carbonyl (C=O) groups excluding carboxylic acids is 1. The lowest BCUT2D eigenvalue weighted by atomic mass is 10.3. The van der Waals surface area contributed by atoms with Crippen LogP contribution in [0, 0.1) is 5.82 Å². The fraction of sp³-hybridized carbons (Fsp3) is 0. The van der Waals surface area contributed by atoms with E-state index in [0.29, 0.717) is 16.7 Å². The highest BCUT2D eigenvalue weighted by molar-refractivity contribution is 6.03. The Balaban J connectivity index is 1.47.